The Balaban J connectivity index is 2.03. The minimum Gasteiger partial charge on any atom is -0.391 e. The van der Waals surface area contributed by atoms with Crippen molar-refractivity contribution in [2.45, 2.75) is 31.4 Å². The highest BCUT2D eigenvalue weighted by molar-refractivity contribution is 6.30. The second-order valence-corrected chi connectivity index (χ2v) is 4.20. The molecule has 2 nitrogen and oxygen atoms in total. The summed E-state index contributed by atoms with van der Waals surface area (Å²) in [6, 6.07) is 7.79. The van der Waals surface area contributed by atoms with Gasteiger partial charge in [-0.3, -0.25) is 0 Å². The van der Waals surface area contributed by atoms with Gasteiger partial charge in [-0.25, -0.2) is 0 Å². The van der Waals surface area contributed by atoms with Crippen molar-refractivity contribution in [1.82, 2.24) is 0 Å². The van der Waals surface area contributed by atoms with Gasteiger partial charge in [-0.2, -0.15) is 0 Å². The van der Waals surface area contributed by atoms with E-state index in [9.17, 15) is 5.11 Å². The van der Waals surface area contributed by atoms with Crippen molar-refractivity contribution in [2.24, 2.45) is 0 Å². The van der Waals surface area contributed by atoms with Crippen molar-refractivity contribution >= 4 is 17.3 Å². The van der Waals surface area contributed by atoms with Gasteiger partial charge < -0.3 is 10.4 Å². The molecule has 1 aromatic rings. The van der Waals surface area contributed by atoms with Gasteiger partial charge in [0, 0.05) is 10.7 Å². The van der Waals surface area contributed by atoms with Crippen LogP contribution in [0.1, 0.15) is 19.3 Å². The number of benzene rings is 1. The third-order valence-corrected chi connectivity index (χ3v) is 2.89. The molecule has 1 saturated carbocycles. The van der Waals surface area contributed by atoms with E-state index in [2.05, 4.69) is 5.32 Å². The van der Waals surface area contributed by atoms with Gasteiger partial charge in [0.2, 0.25) is 0 Å². The Morgan fingerprint density at radius 3 is 2.86 bits per heavy atom. The van der Waals surface area contributed by atoms with E-state index in [0.717, 1.165) is 30.0 Å². The maximum Gasteiger partial charge on any atom is 0.0741 e. The van der Waals surface area contributed by atoms with Gasteiger partial charge in [-0.15, -0.1) is 0 Å². The summed E-state index contributed by atoms with van der Waals surface area (Å²) >= 11 is 5.86. The molecule has 0 saturated heterocycles. The second kappa shape index (κ2) is 4.20. The van der Waals surface area contributed by atoms with E-state index < -0.39 is 0 Å². The predicted molar refractivity (Wildman–Crippen MR) is 58.7 cm³/mol. The van der Waals surface area contributed by atoms with Gasteiger partial charge >= 0.3 is 0 Å². The predicted octanol–water partition coefficient (Wildman–Crippen LogP) is 2.67. The lowest BCUT2D eigenvalue weighted by molar-refractivity contribution is 0.172. The lowest BCUT2D eigenvalue weighted by Crippen LogP contribution is -2.27. The van der Waals surface area contributed by atoms with Crippen LogP contribution in [0.2, 0.25) is 5.02 Å². The molecule has 0 aliphatic heterocycles. The van der Waals surface area contributed by atoms with E-state index in [4.69, 9.17) is 11.6 Å². The van der Waals surface area contributed by atoms with E-state index in [-0.39, 0.29) is 12.1 Å². The highest BCUT2D eigenvalue weighted by atomic mass is 35.5. The molecule has 0 spiro atoms. The fourth-order valence-electron chi connectivity index (χ4n) is 1.90. The van der Waals surface area contributed by atoms with Crippen molar-refractivity contribution in [3.05, 3.63) is 29.3 Å². The van der Waals surface area contributed by atoms with Crippen molar-refractivity contribution in [1.29, 1.82) is 0 Å². The quantitative estimate of drug-likeness (QED) is 0.789. The van der Waals surface area contributed by atoms with Crippen LogP contribution in [0.4, 0.5) is 5.69 Å². The lowest BCUT2D eigenvalue weighted by atomic mass is 10.2. The molecule has 0 bridgehead atoms. The van der Waals surface area contributed by atoms with Crippen LogP contribution in [0.15, 0.2) is 24.3 Å². The summed E-state index contributed by atoms with van der Waals surface area (Å²) in [5, 5.41) is 13.6. The summed E-state index contributed by atoms with van der Waals surface area (Å²) in [7, 11) is 0. The first-order valence-electron chi connectivity index (χ1n) is 4.96. The summed E-state index contributed by atoms with van der Waals surface area (Å²) in [6.45, 7) is 0. The fourth-order valence-corrected chi connectivity index (χ4v) is 2.09. The molecule has 0 radical (unpaired) electrons. The van der Waals surface area contributed by atoms with Crippen LogP contribution >= 0.6 is 11.6 Å². The summed E-state index contributed by atoms with van der Waals surface area (Å²) < 4.78 is 0. The standard InChI is InChI=1S/C11H14ClNO/c12-8-3-1-4-9(7-8)13-10-5-2-6-11(10)14/h1,3-4,7,10-11,13-14H,2,5-6H2. The highest BCUT2D eigenvalue weighted by Crippen LogP contribution is 2.24. The maximum absolute atomic E-state index is 9.62. The number of anilines is 1. The number of nitrogens with one attached hydrogen (secondary N) is 1. The topological polar surface area (TPSA) is 32.3 Å². The number of hydrogen-bond acceptors (Lipinski definition) is 2. The zero-order valence-corrected chi connectivity index (χ0v) is 8.67. The molecule has 1 aliphatic carbocycles. The van der Waals surface area contributed by atoms with Crippen molar-refractivity contribution < 1.29 is 5.11 Å². The van der Waals surface area contributed by atoms with Crippen molar-refractivity contribution in [3.8, 4) is 0 Å². The first-order chi connectivity index (χ1) is 6.75. The molecule has 2 N–H and O–H groups in total. The third kappa shape index (κ3) is 2.20. The number of rotatable bonds is 2. The van der Waals surface area contributed by atoms with Gasteiger partial charge in [0.1, 0.15) is 0 Å². The van der Waals surface area contributed by atoms with Crippen LogP contribution in [0.25, 0.3) is 0 Å². The first-order valence-corrected chi connectivity index (χ1v) is 5.34. The van der Waals surface area contributed by atoms with Crippen molar-refractivity contribution in [2.75, 3.05) is 5.32 Å². The molecular formula is C11H14ClNO. The molecule has 1 aromatic carbocycles. The Bertz CT molecular complexity index is 316. The average Bonchev–Trinajstić information content (AvgIpc) is 2.52. The molecule has 0 aromatic heterocycles. The van der Waals surface area contributed by atoms with E-state index >= 15 is 0 Å². The minimum atomic E-state index is -0.214. The molecule has 1 aliphatic rings. The van der Waals surface area contributed by atoms with E-state index in [1.54, 1.807) is 0 Å². The Morgan fingerprint density at radius 2 is 2.21 bits per heavy atom. The number of hydrogen-bond donors (Lipinski definition) is 2. The third-order valence-electron chi connectivity index (χ3n) is 2.66. The van der Waals surface area contributed by atoms with Gasteiger partial charge in [0.25, 0.3) is 0 Å². The zero-order valence-electron chi connectivity index (χ0n) is 7.91. The zero-order chi connectivity index (χ0) is 9.97. The summed E-state index contributed by atoms with van der Waals surface area (Å²) in [4.78, 5) is 0. The number of halogens is 1. The van der Waals surface area contributed by atoms with Crippen molar-refractivity contribution in [3.63, 3.8) is 0 Å². The van der Waals surface area contributed by atoms with E-state index in [1.165, 1.54) is 0 Å². The molecule has 0 amide bonds. The molecule has 1 fully saturated rings. The Labute approximate surface area is 88.9 Å². The van der Waals surface area contributed by atoms with Crippen LogP contribution in [0, 0.1) is 0 Å². The van der Waals surface area contributed by atoms with Gasteiger partial charge in [-0.1, -0.05) is 17.7 Å². The molecule has 2 atom stereocenters. The minimum absolute atomic E-state index is 0.188. The molecule has 14 heavy (non-hydrogen) atoms. The van der Waals surface area contributed by atoms with Crippen LogP contribution in [-0.4, -0.2) is 17.3 Å². The monoisotopic (exact) mass is 211 g/mol. The van der Waals surface area contributed by atoms with Gasteiger partial charge in [0.05, 0.1) is 12.1 Å². The largest absolute Gasteiger partial charge is 0.391 e. The normalized spacial score (nSPS) is 26.4. The SMILES string of the molecule is OC1CCCC1Nc1cccc(Cl)c1. The lowest BCUT2D eigenvalue weighted by Gasteiger charge is -2.17. The van der Waals surface area contributed by atoms with E-state index in [1.807, 2.05) is 24.3 Å². The summed E-state index contributed by atoms with van der Waals surface area (Å²) in [6.07, 6.45) is 2.82. The fraction of sp³-hybridized carbons (Fsp3) is 0.455. The van der Waals surface area contributed by atoms with Gasteiger partial charge in [0.15, 0.2) is 0 Å². The Morgan fingerprint density at radius 1 is 1.36 bits per heavy atom. The van der Waals surface area contributed by atoms with Crippen LogP contribution in [0.3, 0.4) is 0 Å². The molecule has 2 unspecified atom stereocenters. The first kappa shape index (κ1) is 9.81. The molecule has 2 rings (SSSR count). The van der Waals surface area contributed by atoms with Gasteiger partial charge in [-0.05, 0) is 37.5 Å². The van der Waals surface area contributed by atoms with Crippen LogP contribution < -0.4 is 5.32 Å². The Kier molecular flexibility index (Phi) is 2.94. The summed E-state index contributed by atoms with van der Waals surface area (Å²) in [5.41, 5.74) is 0.989. The smallest absolute Gasteiger partial charge is 0.0741 e. The summed E-state index contributed by atoms with van der Waals surface area (Å²) in [5.74, 6) is 0. The maximum atomic E-state index is 9.62. The molecular weight excluding hydrogens is 198 g/mol. The number of aliphatic hydroxyl groups is 1. The number of aliphatic hydroxyl groups excluding tert-OH is 1. The van der Waals surface area contributed by atoms with E-state index in [0.29, 0.717) is 0 Å². The van der Waals surface area contributed by atoms with Crippen LogP contribution in [-0.2, 0) is 0 Å². The second-order valence-electron chi connectivity index (χ2n) is 3.76. The Hall–Kier alpha value is -0.730. The highest BCUT2D eigenvalue weighted by Gasteiger charge is 2.24. The molecule has 3 heteroatoms. The molecule has 0 heterocycles. The molecule has 76 valence electrons. The van der Waals surface area contributed by atoms with Crippen LogP contribution in [0.5, 0.6) is 0 Å². The average molecular weight is 212 g/mol.